The van der Waals surface area contributed by atoms with Crippen LogP contribution < -0.4 is 21.3 Å². The molecule has 54 heavy (non-hydrogen) atoms. The minimum absolute atomic E-state index is 0. The van der Waals surface area contributed by atoms with Crippen LogP contribution in [0.4, 0.5) is 0 Å². The fourth-order valence-corrected chi connectivity index (χ4v) is 7.87. The number of fused-ring (bicyclic) bond motifs is 1. The van der Waals surface area contributed by atoms with Crippen molar-refractivity contribution in [3.05, 3.63) is 24.3 Å². The van der Waals surface area contributed by atoms with Gasteiger partial charge in [-0.25, -0.2) is 4.98 Å². The monoisotopic (exact) mass is 831 g/mol. The predicted octanol–water partition coefficient (Wildman–Crippen LogP) is 3.53. The van der Waals surface area contributed by atoms with Gasteiger partial charge in [0.2, 0.25) is 23.5 Å². The SMILES string of the molecule is C.CCC[C@H](NC(=O)[C@H]1[C@@H]2CCC[C@@H]2CN1C(=O)[C@@H](NC(=O)[C@@H](NC(=O)c1cnccn1)C1CCCCC1)C(C)(C)C)C(=O)C(=O)NC1CC1.S.S.S.S. The smallest absolute Gasteiger partial charge is 0.289 e. The second kappa shape index (κ2) is 22.9. The van der Waals surface area contributed by atoms with Crippen molar-refractivity contribution < 1.29 is 28.8 Å². The normalized spacial score (nSPS) is 22.0. The Labute approximate surface area is 349 Å². The summed E-state index contributed by atoms with van der Waals surface area (Å²) < 4.78 is 0. The van der Waals surface area contributed by atoms with Crippen molar-refractivity contribution in [2.45, 2.75) is 142 Å². The summed E-state index contributed by atoms with van der Waals surface area (Å²) >= 11 is 0. The Bertz CT molecular complexity index is 1410. The minimum Gasteiger partial charge on any atom is -0.347 e. The van der Waals surface area contributed by atoms with Gasteiger partial charge >= 0.3 is 0 Å². The van der Waals surface area contributed by atoms with Gasteiger partial charge in [0.25, 0.3) is 11.8 Å². The van der Waals surface area contributed by atoms with Gasteiger partial charge in [-0.15, -0.1) is 0 Å². The Hall–Kier alpha value is -2.50. The third-order valence-corrected chi connectivity index (χ3v) is 10.7. The van der Waals surface area contributed by atoms with E-state index in [1.807, 2.05) is 27.7 Å². The number of rotatable bonds is 13. The molecule has 0 unspecified atom stereocenters. The first-order chi connectivity index (χ1) is 23.4. The van der Waals surface area contributed by atoms with E-state index in [-0.39, 0.29) is 96.8 Å². The molecule has 0 radical (unpaired) electrons. The molecule has 6 atom stereocenters. The summed E-state index contributed by atoms with van der Waals surface area (Å²) in [5.74, 6) is -3.20. The fourth-order valence-electron chi connectivity index (χ4n) is 7.87. The summed E-state index contributed by atoms with van der Waals surface area (Å²) in [6.07, 6.45) is 13.9. The summed E-state index contributed by atoms with van der Waals surface area (Å²) in [7, 11) is 0. The van der Waals surface area contributed by atoms with Gasteiger partial charge in [0.05, 0.1) is 12.2 Å². The third-order valence-electron chi connectivity index (χ3n) is 10.7. The van der Waals surface area contributed by atoms with E-state index in [4.69, 9.17) is 0 Å². The molecular formula is C37H65N7O6S4. The second-order valence-corrected chi connectivity index (χ2v) is 15.5. The lowest BCUT2D eigenvalue weighted by Gasteiger charge is -2.38. The lowest BCUT2D eigenvalue weighted by molar-refractivity contribution is -0.146. The van der Waals surface area contributed by atoms with Crippen molar-refractivity contribution in [3.63, 3.8) is 0 Å². The molecule has 1 aromatic heterocycles. The Kier molecular flexibility index (Phi) is 21.8. The Morgan fingerprint density at radius 1 is 0.852 bits per heavy atom. The average molecular weight is 832 g/mol. The van der Waals surface area contributed by atoms with E-state index in [1.165, 1.54) is 18.6 Å². The van der Waals surface area contributed by atoms with Crippen LogP contribution in [0.25, 0.3) is 0 Å². The zero-order valence-electron chi connectivity index (χ0n) is 31.3. The summed E-state index contributed by atoms with van der Waals surface area (Å²) in [6.45, 7) is 7.85. The third kappa shape index (κ3) is 12.8. The molecule has 2 heterocycles. The quantitative estimate of drug-likeness (QED) is 0.218. The molecule has 4 N–H and O–H groups in total. The molecule has 4 aliphatic rings. The van der Waals surface area contributed by atoms with Crippen molar-refractivity contribution in [1.82, 2.24) is 36.1 Å². The van der Waals surface area contributed by atoms with Gasteiger partial charge in [-0.2, -0.15) is 54.0 Å². The van der Waals surface area contributed by atoms with Crippen LogP contribution in [0.15, 0.2) is 18.6 Å². The molecule has 4 fully saturated rings. The van der Waals surface area contributed by atoms with Crippen molar-refractivity contribution in [2.24, 2.45) is 23.2 Å². The molecular weight excluding hydrogens is 767 g/mol. The summed E-state index contributed by atoms with van der Waals surface area (Å²) in [6, 6.07) is -3.68. The average Bonchev–Trinajstić information content (AvgIpc) is 3.65. The molecule has 3 saturated carbocycles. The van der Waals surface area contributed by atoms with Crippen LogP contribution in [0, 0.1) is 23.2 Å². The molecule has 5 amide bonds. The highest BCUT2D eigenvalue weighted by atomic mass is 32.1. The van der Waals surface area contributed by atoms with Gasteiger partial charge in [0, 0.05) is 25.0 Å². The molecule has 5 rings (SSSR count). The van der Waals surface area contributed by atoms with Crippen LogP contribution in [0.2, 0.25) is 0 Å². The summed E-state index contributed by atoms with van der Waals surface area (Å²) in [5.41, 5.74) is -0.638. The van der Waals surface area contributed by atoms with Crippen LogP contribution >= 0.6 is 54.0 Å². The number of aromatic nitrogens is 2. The first kappa shape index (κ1) is 51.5. The van der Waals surface area contributed by atoms with Gasteiger partial charge in [-0.1, -0.05) is 67.2 Å². The van der Waals surface area contributed by atoms with E-state index >= 15 is 0 Å². The zero-order valence-corrected chi connectivity index (χ0v) is 35.3. The second-order valence-electron chi connectivity index (χ2n) is 15.5. The topological polar surface area (TPSA) is 180 Å². The first-order valence-electron chi connectivity index (χ1n) is 18.2. The lowest BCUT2D eigenvalue weighted by Crippen LogP contribution is -2.62. The Morgan fingerprint density at radius 2 is 1.52 bits per heavy atom. The van der Waals surface area contributed by atoms with E-state index < -0.39 is 59.0 Å². The highest BCUT2D eigenvalue weighted by Crippen LogP contribution is 2.43. The molecule has 17 heteroatoms. The number of Topliss-reactive ketones (excluding diaryl/α,β-unsaturated/α-hetero) is 1. The number of carbonyl (C=O) groups is 6. The molecule has 3 aliphatic carbocycles. The van der Waals surface area contributed by atoms with Crippen molar-refractivity contribution >= 4 is 89.3 Å². The number of hydrogen-bond acceptors (Lipinski definition) is 8. The molecule has 308 valence electrons. The number of hydrogen-bond donors (Lipinski definition) is 4. The molecule has 1 aliphatic heterocycles. The highest BCUT2D eigenvalue weighted by Gasteiger charge is 2.52. The number of ketones is 1. The van der Waals surface area contributed by atoms with E-state index in [1.54, 1.807) is 4.90 Å². The van der Waals surface area contributed by atoms with Crippen molar-refractivity contribution in [2.75, 3.05) is 6.54 Å². The zero-order chi connectivity index (χ0) is 35.3. The number of carbonyl (C=O) groups excluding carboxylic acids is 6. The van der Waals surface area contributed by atoms with Crippen LogP contribution in [-0.4, -0.2) is 86.9 Å². The maximum Gasteiger partial charge on any atom is 0.289 e. The van der Waals surface area contributed by atoms with Crippen LogP contribution in [0.3, 0.4) is 0 Å². The van der Waals surface area contributed by atoms with Gasteiger partial charge in [0.1, 0.15) is 23.8 Å². The van der Waals surface area contributed by atoms with E-state index in [0.717, 1.165) is 64.2 Å². The van der Waals surface area contributed by atoms with Crippen molar-refractivity contribution in [1.29, 1.82) is 0 Å². The molecule has 0 spiro atoms. The van der Waals surface area contributed by atoms with Gasteiger partial charge in [0.15, 0.2) is 0 Å². The number of nitrogens with one attached hydrogen (secondary N) is 4. The van der Waals surface area contributed by atoms with E-state index in [2.05, 4.69) is 31.2 Å². The van der Waals surface area contributed by atoms with Crippen LogP contribution in [-0.2, 0) is 24.0 Å². The first-order valence-corrected chi connectivity index (χ1v) is 18.2. The van der Waals surface area contributed by atoms with Gasteiger partial charge in [-0.05, 0) is 68.1 Å². The molecule has 0 aromatic carbocycles. The molecule has 13 nitrogen and oxygen atoms in total. The summed E-state index contributed by atoms with van der Waals surface area (Å²) in [5, 5.41) is 11.5. The Morgan fingerprint density at radius 3 is 2.09 bits per heavy atom. The molecule has 0 bridgehead atoms. The minimum atomic E-state index is -0.994. The molecule has 1 aromatic rings. The molecule has 1 saturated heterocycles. The van der Waals surface area contributed by atoms with E-state index in [9.17, 15) is 28.8 Å². The largest absolute Gasteiger partial charge is 0.347 e. The number of amides is 5. The highest BCUT2D eigenvalue weighted by molar-refractivity contribution is 7.59. The standard InChI is InChI=1S/C36H53N7O6.CH4.4H2S/c1-5-10-25(29(44)34(48)39-23-15-16-23)40-33(47)28-24-14-9-13-22(24)20-43(28)35(49)30(36(2,3)4)42-32(46)27(21-11-7-6-8-12-21)41-31(45)26-19-37-17-18-38-26;;;;;/h17-19,21-25,27-28,30H,5-16,20H2,1-4H3,(H,39,48)(H,40,47)(H,41,45)(H,42,46);1H4;4*1H2/t22-,24-,25+,27+,28-,30-;;;;;/m1...../s1. The lowest BCUT2D eigenvalue weighted by atomic mass is 9.82. The van der Waals surface area contributed by atoms with Gasteiger partial charge in [-0.3, -0.25) is 33.8 Å². The predicted molar refractivity (Wildman–Crippen MR) is 229 cm³/mol. The maximum atomic E-state index is 14.6. The number of nitrogens with zero attached hydrogens (tertiary/aromatic N) is 3. The van der Waals surface area contributed by atoms with Crippen LogP contribution in [0.5, 0.6) is 0 Å². The fraction of sp³-hybridized carbons (Fsp3) is 0.730. The van der Waals surface area contributed by atoms with Gasteiger partial charge < -0.3 is 26.2 Å². The van der Waals surface area contributed by atoms with Crippen molar-refractivity contribution in [3.8, 4) is 0 Å². The maximum absolute atomic E-state index is 14.6. The number of likely N-dealkylation sites (tertiary alicyclic amines) is 1. The summed E-state index contributed by atoms with van der Waals surface area (Å²) in [4.78, 5) is 91.4. The van der Waals surface area contributed by atoms with Crippen LogP contribution in [0.1, 0.15) is 123 Å². The van der Waals surface area contributed by atoms with E-state index in [0.29, 0.717) is 19.4 Å². The Balaban J connectivity index is 0.00000562.